The van der Waals surface area contributed by atoms with Crippen molar-refractivity contribution in [2.45, 2.75) is 26.7 Å². The summed E-state index contributed by atoms with van der Waals surface area (Å²) in [5.74, 6) is 0.591. The highest BCUT2D eigenvalue weighted by Crippen LogP contribution is 2.26. The second-order valence-corrected chi connectivity index (χ2v) is 3.44. The van der Waals surface area contributed by atoms with Crippen molar-refractivity contribution < 1.29 is 0 Å². The molecule has 0 amide bonds. The van der Waals surface area contributed by atoms with Crippen LogP contribution in [0.2, 0.25) is 0 Å². The van der Waals surface area contributed by atoms with Crippen molar-refractivity contribution in [1.82, 2.24) is 0 Å². The van der Waals surface area contributed by atoms with Gasteiger partial charge in [0.05, 0.1) is 0 Å². The zero-order valence-electron chi connectivity index (χ0n) is 8.31. The predicted octanol–water partition coefficient (Wildman–Crippen LogP) is 3.16. The van der Waals surface area contributed by atoms with Crippen LogP contribution < -0.4 is 5.32 Å². The number of hydrogen-bond donors (Lipinski definition) is 1. The van der Waals surface area contributed by atoms with Crippen LogP contribution in [0.15, 0.2) is 18.2 Å². The second-order valence-electron chi connectivity index (χ2n) is 3.44. The molecule has 66 valence electrons. The van der Waals surface area contributed by atoms with Crippen molar-refractivity contribution in [2.24, 2.45) is 0 Å². The Hall–Kier alpha value is -0.980. The number of nitrogens with one attached hydrogen (secondary N) is 1. The Morgan fingerprint density at radius 2 is 1.92 bits per heavy atom. The first-order valence-electron chi connectivity index (χ1n) is 4.44. The van der Waals surface area contributed by atoms with Gasteiger partial charge in [0.2, 0.25) is 0 Å². The summed E-state index contributed by atoms with van der Waals surface area (Å²) in [5, 5.41) is 3.22. The van der Waals surface area contributed by atoms with Crippen molar-refractivity contribution in [2.75, 3.05) is 12.4 Å². The number of anilines is 1. The summed E-state index contributed by atoms with van der Waals surface area (Å²) in [7, 11) is 1.97. The molecule has 1 nitrogen and oxygen atoms in total. The molecular formula is C11H17N. The molecule has 0 bridgehead atoms. The molecule has 0 aliphatic heterocycles. The van der Waals surface area contributed by atoms with Crippen LogP contribution in [0.3, 0.4) is 0 Å². The minimum absolute atomic E-state index is 0.591. The topological polar surface area (TPSA) is 12.0 Å². The molecule has 0 aromatic heterocycles. The molecule has 1 aromatic carbocycles. The number of aryl methyl sites for hydroxylation is 1. The van der Waals surface area contributed by atoms with Crippen molar-refractivity contribution in [3.8, 4) is 0 Å². The van der Waals surface area contributed by atoms with E-state index in [9.17, 15) is 0 Å². The van der Waals surface area contributed by atoms with Crippen molar-refractivity contribution in [1.29, 1.82) is 0 Å². The maximum atomic E-state index is 3.22. The summed E-state index contributed by atoms with van der Waals surface area (Å²) < 4.78 is 0. The van der Waals surface area contributed by atoms with Crippen LogP contribution in [0.5, 0.6) is 0 Å². The Labute approximate surface area is 74.8 Å². The Bertz CT molecular complexity index is 264. The third kappa shape index (κ3) is 1.60. The molecule has 12 heavy (non-hydrogen) atoms. The normalized spacial score (nSPS) is 10.4. The largest absolute Gasteiger partial charge is 0.388 e. The molecule has 0 saturated heterocycles. The van der Waals surface area contributed by atoms with Crippen molar-refractivity contribution >= 4 is 5.69 Å². The van der Waals surface area contributed by atoms with Gasteiger partial charge in [0.15, 0.2) is 0 Å². The van der Waals surface area contributed by atoms with E-state index >= 15 is 0 Å². The van der Waals surface area contributed by atoms with Gasteiger partial charge in [-0.2, -0.15) is 0 Å². The van der Waals surface area contributed by atoms with Crippen LogP contribution >= 0.6 is 0 Å². The molecule has 0 fully saturated rings. The lowest BCUT2D eigenvalue weighted by Crippen LogP contribution is -1.99. The first-order valence-corrected chi connectivity index (χ1v) is 4.44. The molecule has 1 heteroatoms. The van der Waals surface area contributed by atoms with Crippen molar-refractivity contribution in [3.05, 3.63) is 29.3 Å². The average molecular weight is 163 g/mol. The molecule has 1 aromatic rings. The zero-order chi connectivity index (χ0) is 9.14. The fourth-order valence-corrected chi connectivity index (χ4v) is 1.67. The van der Waals surface area contributed by atoms with Crippen molar-refractivity contribution in [3.63, 3.8) is 0 Å². The lowest BCUT2D eigenvalue weighted by Gasteiger charge is -2.14. The van der Waals surface area contributed by atoms with E-state index < -0.39 is 0 Å². The molecule has 0 unspecified atom stereocenters. The molecule has 1 N–H and O–H groups in total. The molecule has 0 atom stereocenters. The van der Waals surface area contributed by atoms with Crippen LogP contribution in [-0.2, 0) is 0 Å². The summed E-state index contributed by atoms with van der Waals surface area (Å²) in [6, 6.07) is 6.38. The van der Waals surface area contributed by atoms with Gasteiger partial charge in [-0.1, -0.05) is 26.0 Å². The van der Waals surface area contributed by atoms with Crippen LogP contribution in [0.4, 0.5) is 5.69 Å². The summed E-state index contributed by atoms with van der Waals surface area (Å²) in [4.78, 5) is 0. The first kappa shape index (κ1) is 9.11. The molecule has 0 radical (unpaired) electrons. The minimum Gasteiger partial charge on any atom is -0.388 e. The maximum absolute atomic E-state index is 3.22. The summed E-state index contributed by atoms with van der Waals surface area (Å²) in [6.45, 7) is 6.61. The lowest BCUT2D eigenvalue weighted by molar-refractivity contribution is 0.858. The number of rotatable bonds is 2. The van der Waals surface area contributed by atoms with Crippen LogP contribution in [0, 0.1) is 6.92 Å². The van der Waals surface area contributed by atoms with E-state index in [-0.39, 0.29) is 0 Å². The van der Waals surface area contributed by atoms with Gasteiger partial charge in [0.25, 0.3) is 0 Å². The fraction of sp³-hybridized carbons (Fsp3) is 0.455. The van der Waals surface area contributed by atoms with Gasteiger partial charge >= 0.3 is 0 Å². The fourth-order valence-electron chi connectivity index (χ4n) is 1.67. The smallest absolute Gasteiger partial charge is 0.0375 e. The molecule has 0 spiro atoms. The highest BCUT2D eigenvalue weighted by Gasteiger charge is 2.07. The first-order chi connectivity index (χ1) is 5.66. The lowest BCUT2D eigenvalue weighted by atomic mass is 9.96. The third-order valence-corrected chi connectivity index (χ3v) is 2.17. The van der Waals surface area contributed by atoms with E-state index in [1.165, 1.54) is 16.8 Å². The van der Waals surface area contributed by atoms with Gasteiger partial charge in [-0.15, -0.1) is 0 Å². The van der Waals surface area contributed by atoms with E-state index in [0.717, 1.165) is 0 Å². The molecule has 0 heterocycles. The van der Waals surface area contributed by atoms with Crippen LogP contribution in [0.1, 0.15) is 30.9 Å². The summed E-state index contributed by atoms with van der Waals surface area (Å²) in [6.07, 6.45) is 0. The molecule has 0 aliphatic rings. The van der Waals surface area contributed by atoms with Gasteiger partial charge in [-0.25, -0.2) is 0 Å². The highest BCUT2D eigenvalue weighted by molar-refractivity contribution is 5.55. The SMILES string of the molecule is CNc1cccc(C)c1C(C)C. The number of hydrogen-bond acceptors (Lipinski definition) is 1. The molecule has 0 saturated carbocycles. The van der Waals surface area contributed by atoms with E-state index in [2.05, 4.69) is 44.3 Å². The van der Waals surface area contributed by atoms with Crippen LogP contribution in [0.25, 0.3) is 0 Å². The molecule has 0 aliphatic carbocycles. The average Bonchev–Trinajstić information content (AvgIpc) is 2.03. The van der Waals surface area contributed by atoms with Gasteiger partial charge in [-0.05, 0) is 30.0 Å². The molecule has 1 rings (SSSR count). The van der Waals surface area contributed by atoms with E-state index in [0.29, 0.717) is 5.92 Å². The van der Waals surface area contributed by atoms with E-state index in [4.69, 9.17) is 0 Å². The molecular weight excluding hydrogens is 146 g/mol. The number of benzene rings is 1. The predicted molar refractivity (Wildman–Crippen MR) is 54.8 cm³/mol. The highest BCUT2D eigenvalue weighted by atomic mass is 14.8. The van der Waals surface area contributed by atoms with E-state index in [1.54, 1.807) is 0 Å². The third-order valence-electron chi connectivity index (χ3n) is 2.17. The van der Waals surface area contributed by atoms with Gasteiger partial charge in [0.1, 0.15) is 0 Å². The van der Waals surface area contributed by atoms with Gasteiger partial charge in [-0.3, -0.25) is 0 Å². The van der Waals surface area contributed by atoms with Gasteiger partial charge in [0, 0.05) is 12.7 Å². The Balaban J connectivity index is 3.20. The monoisotopic (exact) mass is 163 g/mol. The standard InChI is InChI=1S/C11H17N/c1-8(2)11-9(3)6-5-7-10(11)12-4/h5-8,12H,1-4H3. The van der Waals surface area contributed by atoms with Gasteiger partial charge < -0.3 is 5.32 Å². The Morgan fingerprint density at radius 3 is 2.33 bits per heavy atom. The van der Waals surface area contributed by atoms with Crippen LogP contribution in [-0.4, -0.2) is 7.05 Å². The summed E-state index contributed by atoms with van der Waals surface area (Å²) in [5.41, 5.74) is 4.06. The summed E-state index contributed by atoms with van der Waals surface area (Å²) >= 11 is 0. The zero-order valence-corrected chi connectivity index (χ0v) is 8.31. The maximum Gasteiger partial charge on any atom is 0.0375 e. The Kier molecular flexibility index (Phi) is 2.74. The quantitative estimate of drug-likeness (QED) is 0.706. The van der Waals surface area contributed by atoms with E-state index in [1.807, 2.05) is 7.05 Å². The minimum atomic E-state index is 0.591. The Morgan fingerprint density at radius 1 is 1.25 bits per heavy atom. The second kappa shape index (κ2) is 3.61.